The van der Waals surface area contributed by atoms with E-state index in [1.165, 1.54) is 32.4 Å². The van der Waals surface area contributed by atoms with Gasteiger partial charge in [-0.15, -0.1) is 0 Å². The molecule has 1 N–H and O–H groups in total. The summed E-state index contributed by atoms with van der Waals surface area (Å²) < 4.78 is 0. The van der Waals surface area contributed by atoms with Gasteiger partial charge in [-0.25, -0.2) is 0 Å². The highest BCUT2D eigenvalue weighted by Crippen LogP contribution is 2.22. The molecule has 96 valence electrons. The number of nitrogens with one attached hydrogen (secondary N) is 1. The van der Waals surface area contributed by atoms with E-state index >= 15 is 0 Å². The van der Waals surface area contributed by atoms with E-state index in [0.717, 1.165) is 18.0 Å². The van der Waals surface area contributed by atoms with E-state index in [1.54, 1.807) is 0 Å². The van der Waals surface area contributed by atoms with E-state index in [-0.39, 0.29) is 0 Å². The number of piperazine rings is 1. The number of nitrogens with zero attached hydrogens (tertiary/aromatic N) is 1. The molecule has 0 amide bonds. The van der Waals surface area contributed by atoms with Gasteiger partial charge in [0.2, 0.25) is 0 Å². The fraction of sp³-hybridized carbons (Fsp3) is 1.00. The molecular weight excluding hydrogens is 196 g/mol. The quantitative estimate of drug-likeness (QED) is 0.775. The van der Waals surface area contributed by atoms with E-state index in [2.05, 4.69) is 44.8 Å². The van der Waals surface area contributed by atoms with Crippen LogP contribution in [0.25, 0.3) is 0 Å². The topological polar surface area (TPSA) is 15.3 Å². The van der Waals surface area contributed by atoms with Crippen LogP contribution in [0.2, 0.25) is 0 Å². The zero-order valence-corrected chi connectivity index (χ0v) is 11.8. The van der Waals surface area contributed by atoms with Crippen LogP contribution in [0.1, 0.15) is 53.9 Å². The minimum absolute atomic E-state index is 0.654. The summed E-state index contributed by atoms with van der Waals surface area (Å²) >= 11 is 0. The van der Waals surface area contributed by atoms with Crippen molar-refractivity contribution in [2.45, 2.75) is 72.0 Å². The third kappa shape index (κ3) is 3.46. The Labute approximate surface area is 102 Å². The standard InChI is InChI=1S/C14H30N2/c1-6-8-13(7-2)16-10-12(5)15-9-14(16)11(3)4/h11-15H,6-10H2,1-5H3. The zero-order valence-electron chi connectivity index (χ0n) is 11.8. The van der Waals surface area contributed by atoms with Gasteiger partial charge in [-0.1, -0.05) is 34.1 Å². The fourth-order valence-electron chi connectivity index (χ4n) is 2.93. The number of hydrogen-bond acceptors (Lipinski definition) is 2. The van der Waals surface area contributed by atoms with Gasteiger partial charge in [-0.2, -0.15) is 0 Å². The van der Waals surface area contributed by atoms with Gasteiger partial charge in [0.05, 0.1) is 0 Å². The molecule has 0 saturated carbocycles. The molecule has 0 spiro atoms. The second kappa shape index (κ2) is 6.61. The van der Waals surface area contributed by atoms with E-state index in [4.69, 9.17) is 0 Å². The number of rotatable bonds is 5. The summed E-state index contributed by atoms with van der Waals surface area (Å²) in [7, 11) is 0. The predicted octanol–water partition coefficient (Wildman–Crippen LogP) is 2.88. The van der Waals surface area contributed by atoms with Crippen LogP contribution in [0.4, 0.5) is 0 Å². The Balaban J connectivity index is 2.68. The Hall–Kier alpha value is -0.0800. The van der Waals surface area contributed by atoms with Crippen LogP contribution in [0.15, 0.2) is 0 Å². The van der Waals surface area contributed by atoms with Crippen LogP contribution >= 0.6 is 0 Å². The maximum Gasteiger partial charge on any atom is 0.0247 e. The van der Waals surface area contributed by atoms with Crippen molar-refractivity contribution in [1.82, 2.24) is 10.2 Å². The zero-order chi connectivity index (χ0) is 12.1. The molecule has 0 aromatic carbocycles. The van der Waals surface area contributed by atoms with Crippen molar-refractivity contribution >= 4 is 0 Å². The maximum atomic E-state index is 3.62. The summed E-state index contributed by atoms with van der Waals surface area (Å²) in [5.41, 5.74) is 0. The lowest BCUT2D eigenvalue weighted by molar-refractivity contribution is 0.0529. The minimum atomic E-state index is 0.654. The van der Waals surface area contributed by atoms with E-state index in [1.807, 2.05) is 0 Å². The Bertz CT molecular complexity index is 191. The van der Waals surface area contributed by atoms with Gasteiger partial charge in [0.15, 0.2) is 0 Å². The van der Waals surface area contributed by atoms with Gasteiger partial charge in [0.25, 0.3) is 0 Å². The van der Waals surface area contributed by atoms with Gasteiger partial charge < -0.3 is 5.32 Å². The Kier molecular flexibility index (Phi) is 5.77. The third-order valence-electron chi connectivity index (χ3n) is 3.92. The SMILES string of the molecule is CCCC(CC)N1CC(C)NCC1C(C)C. The van der Waals surface area contributed by atoms with E-state index in [9.17, 15) is 0 Å². The first-order chi connectivity index (χ1) is 7.60. The summed E-state index contributed by atoms with van der Waals surface area (Å²) in [5, 5.41) is 3.62. The summed E-state index contributed by atoms with van der Waals surface area (Å²) in [6.45, 7) is 14.0. The van der Waals surface area contributed by atoms with Crippen LogP contribution in [-0.2, 0) is 0 Å². The summed E-state index contributed by atoms with van der Waals surface area (Å²) in [4.78, 5) is 2.77. The van der Waals surface area contributed by atoms with Crippen LogP contribution in [-0.4, -0.2) is 36.1 Å². The molecule has 1 fully saturated rings. The van der Waals surface area contributed by atoms with Crippen molar-refractivity contribution in [3.05, 3.63) is 0 Å². The van der Waals surface area contributed by atoms with Gasteiger partial charge >= 0.3 is 0 Å². The van der Waals surface area contributed by atoms with Crippen LogP contribution in [0.3, 0.4) is 0 Å². The summed E-state index contributed by atoms with van der Waals surface area (Å²) in [5.74, 6) is 0.755. The van der Waals surface area contributed by atoms with Crippen molar-refractivity contribution in [2.24, 2.45) is 5.92 Å². The first-order valence-electron chi connectivity index (χ1n) is 7.09. The van der Waals surface area contributed by atoms with Gasteiger partial charge in [0, 0.05) is 31.2 Å². The molecule has 0 radical (unpaired) electrons. The predicted molar refractivity (Wildman–Crippen MR) is 71.8 cm³/mol. The monoisotopic (exact) mass is 226 g/mol. The first kappa shape index (κ1) is 14.0. The first-order valence-corrected chi connectivity index (χ1v) is 7.09. The molecule has 0 aliphatic carbocycles. The van der Waals surface area contributed by atoms with Crippen LogP contribution in [0.5, 0.6) is 0 Å². The molecular formula is C14H30N2. The molecule has 3 atom stereocenters. The average molecular weight is 226 g/mol. The van der Waals surface area contributed by atoms with Crippen molar-refractivity contribution in [3.8, 4) is 0 Å². The second-order valence-corrected chi connectivity index (χ2v) is 5.67. The molecule has 1 saturated heterocycles. The molecule has 0 aromatic heterocycles. The maximum absolute atomic E-state index is 3.62. The second-order valence-electron chi connectivity index (χ2n) is 5.67. The largest absolute Gasteiger partial charge is 0.311 e. The van der Waals surface area contributed by atoms with E-state index < -0.39 is 0 Å². The smallest absolute Gasteiger partial charge is 0.0247 e. The van der Waals surface area contributed by atoms with Crippen LogP contribution < -0.4 is 5.32 Å². The average Bonchev–Trinajstić information content (AvgIpc) is 2.25. The molecule has 1 heterocycles. The minimum Gasteiger partial charge on any atom is -0.311 e. The lowest BCUT2D eigenvalue weighted by atomic mass is 9.94. The molecule has 2 nitrogen and oxygen atoms in total. The summed E-state index contributed by atoms with van der Waals surface area (Å²) in [6.07, 6.45) is 3.96. The normalized spacial score (nSPS) is 29.6. The molecule has 3 unspecified atom stereocenters. The highest BCUT2D eigenvalue weighted by atomic mass is 15.3. The third-order valence-corrected chi connectivity index (χ3v) is 3.92. The van der Waals surface area contributed by atoms with Crippen LogP contribution in [0, 0.1) is 5.92 Å². The Morgan fingerprint density at radius 3 is 2.50 bits per heavy atom. The highest BCUT2D eigenvalue weighted by Gasteiger charge is 2.31. The highest BCUT2D eigenvalue weighted by molar-refractivity contribution is 4.89. The molecule has 0 aromatic rings. The fourth-order valence-corrected chi connectivity index (χ4v) is 2.93. The Morgan fingerprint density at radius 1 is 1.31 bits per heavy atom. The van der Waals surface area contributed by atoms with E-state index in [0.29, 0.717) is 6.04 Å². The number of hydrogen-bond donors (Lipinski definition) is 1. The van der Waals surface area contributed by atoms with Crippen molar-refractivity contribution in [1.29, 1.82) is 0 Å². The lowest BCUT2D eigenvalue weighted by Gasteiger charge is -2.45. The lowest BCUT2D eigenvalue weighted by Crippen LogP contribution is -2.60. The molecule has 16 heavy (non-hydrogen) atoms. The van der Waals surface area contributed by atoms with Gasteiger partial charge in [-0.3, -0.25) is 4.90 Å². The molecule has 2 heteroatoms. The molecule has 0 bridgehead atoms. The summed E-state index contributed by atoms with van der Waals surface area (Å²) in [6, 6.07) is 2.18. The Morgan fingerprint density at radius 2 is 2.00 bits per heavy atom. The van der Waals surface area contributed by atoms with Crippen molar-refractivity contribution in [3.63, 3.8) is 0 Å². The molecule has 1 aliphatic rings. The van der Waals surface area contributed by atoms with Gasteiger partial charge in [-0.05, 0) is 25.7 Å². The van der Waals surface area contributed by atoms with Crippen molar-refractivity contribution in [2.75, 3.05) is 13.1 Å². The van der Waals surface area contributed by atoms with Crippen molar-refractivity contribution < 1.29 is 0 Å². The van der Waals surface area contributed by atoms with Gasteiger partial charge in [0.1, 0.15) is 0 Å². The molecule has 1 rings (SSSR count). The molecule has 1 aliphatic heterocycles.